The van der Waals surface area contributed by atoms with Gasteiger partial charge in [-0.15, -0.1) is 0 Å². The first-order valence-electron chi connectivity index (χ1n) is 48.4. The Hall–Kier alpha value is -10.7. The van der Waals surface area contributed by atoms with Crippen LogP contribution >= 0.6 is 0 Å². The summed E-state index contributed by atoms with van der Waals surface area (Å²) in [6, 6.07) is 40.0. The average molecular weight is 1540 g/mol. The first-order valence-corrected chi connectivity index (χ1v) is 39.4. The van der Waals surface area contributed by atoms with Crippen molar-refractivity contribution in [2.75, 3.05) is 0 Å². The van der Waals surface area contributed by atoms with E-state index >= 15 is 0 Å². The topological polar surface area (TPSA) is 120 Å². The molecule has 12 heterocycles. The van der Waals surface area contributed by atoms with Crippen LogP contribution in [-0.4, -0.2) is 19.9 Å². The van der Waals surface area contributed by atoms with Gasteiger partial charge in [-0.3, -0.25) is 0 Å². The van der Waals surface area contributed by atoms with Gasteiger partial charge in [0.25, 0.3) is 0 Å². The van der Waals surface area contributed by atoms with Gasteiger partial charge < -0.3 is 17.7 Å². The van der Waals surface area contributed by atoms with Crippen LogP contribution in [0.1, 0.15) is 274 Å². The van der Waals surface area contributed by atoms with Crippen molar-refractivity contribution in [2.45, 2.75) is 226 Å². The Labute approximate surface area is 700 Å². The molecule has 0 fully saturated rings. The molecule has 588 valence electrons. The average Bonchev–Trinajstić information content (AvgIpc) is 0.925. The molecule has 0 radical (unpaired) electrons. The lowest BCUT2D eigenvalue weighted by Crippen LogP contribution is -2.32. The second-order valence-corrected chi connectivity index (χ2v) is 31.6. The second kappa shape index (κ2) is 33.4. The molecule has 0 saturated heterocycles. The zero-order valence-corrected chi connectivity index (χ0v) is 70.6. The van der Waals surface area contributed by atoms with Crippen molar-refractivity contribution >= 4 is 88.3 Å². The van der Waals surface area contributed by atoms with E-state index in [1.807, 2.05) is 137 Å². The van der Waals surface area contributed by atoms with Gasteiger partial charge in [0, 0.05) is 137 Å². The number of nitrogens with zero attached hydrogens (tertiary/aromatic N) is 8. The molecule has 0 amide bonds. The van der Waals surface area contributed by atoms with Gasteiger partial charge in [0.15, 0.2) is 47.1 Å². The fourth-order valence-corrected chi connectivity index (χ4v) is 15.5. The Kier molecular flexibility index (Phi) is 17.8. The molecule has 0 atom stereocenters. The normalized spacial score (nSPS) is 15.4. The predicted octanol–water partition coefficient (Wildman–Crippen LogP) is 25.2. The van der Waals surface area contributed by atoms with Gasteiger partial charge in [0.05, 0.1) is 22.3 Å². The third kappa shape index (κ3) is 15.4. The summed E-state index contributed by atoms with van der Waals surface area (Å²) >= 11 is 0. The number of hydrogen-bond donors (Lipinski definition) is 0. The summed E-state index contributed by atoms with van der Waals surface area (Å²) in [5, 5.41) is 7.63. The van der Waals surface area contributed by atoms with Gasteiger partial charge in [-0.25, -0.2) is 38.2 Å². The van der Waals surface area contributed by atoms with Crippen LogP contribution < -0.4 is 18.3 Å². The van der Waals surface area contributed by atoms with Crippen LogP contribution in [0, 0.1) is 27.7 Å². The van der Waals surface area contributed by atoms with Crippen LogP contribution in [0.3, 0.4) is 0 Å². The van der Waals surface area contributed by atoms with Crippen molar-refractivity contribution in [3.8, 4) is 45.0 Å². The van der Waals surface area contributed by atoms with Gasteiger partial charge in [-0.2, -0.15) is 0 Å². The molecule has 12 nitrogen and oxygen atoms in total. The van der Waals surface area contributed by atoms with E-state index in [4.69, 9.17) is 52.3 Å². The van der Waals surface area contributed by atoms with Crippen LogP contribution in [0.15, 0.2) is 164 Å². The third-order valence-corrected chi connectivity index (χ3v) is 22.0. The Morgan fingerprint density at radius 2 is 0.561 bits per heavy atom. The molecule has 0 unspecified atom stereocenters. The molecule has 0 aliphatic carbocycles. The molecule has 16 aromatic rings. The molecule has 12 heteroatoms. The highest BCUT2D eigenvalue weighted by Gasteiger charge is 2.30. The summed E-state index contributed by atoms with van der Waals surface area (Å²) in [5.41, 5.74) is 22.8. The lowest BCUT2D eigenvalue weighted by atomic mass is 9.93. The van der Waals surface area contributed by atoms with Crippen molar-refractivity contribution in [3.05, 3.63) is 236 Å². The van der Waals surface area contributed by atoms with E-state index in [9.17, 15) is 0 Å². The lowest BCUT2D eigenvalue weighted by molar-refractivity contribution is -0.661. The Bertz CT molecular complexity index is 7220. The molecule has 0 saturated carbocycles. The smallest absolute Gasteiger partial charge is 0.227 e. The SMILES string of the molecule is [2H]C(C)(C)c1cc(-c2c(C)ccc3c2oc2nc(C(C)C)ccc23)[n+](C)cc1C([2H])([2H])C([2H])([2H])[2H].[2H]C(C)(C)c1cc(-c2c(C)ccc3c2oc2nc(CC)ccc23)[n+](C)cc1C([2H])([2H])C([2H])([2H])[2H].[2H]C([2H])(C)c1c[n+](C)c(-c2c(C)ccc3c2oc2nc(C(C)C)ccc23)cc1C([2H])(C)C.[2H]C([2H])(C)c1c[n+](C)c(-c2c(C)ccc3c2oc2nc(CC)ccc23)cc1C([2H])(C)C. The Morgan fingerprint density at radius 3 is 0.789 bits per heavy atom. The molecule has 0 bridgehead atoms. The minimum Gasteiger partial charge on any atom is -0.437 e. The maximum absolute atomic E-state index is 8.70. The van der Waals surface area contributed by atoms with E-state index in [0.717, 1.165) is 146 Å². The zero-order chi connectivity index (χ0) is 97.6. The molecule has 0 aliphatic heterocycles. The molecule has 4 aromatic carbocycles. The summed E-state index contributed by atoms with van der Waals surface area (Å²) < 4.78 is 181. The minimum atomic E-state index is -2.88. The zero-order valence-electron chi connectivity index (χ0n) is 88.6. The van der Waals surface area contributed by atoms with Crippen LogP contribution in [0.5, 0.6) is 0 Å². The third-order valence-electron chi connectivity index (χ3n) is 22.0. The quantitative estimate of drug-likeness (QED) is 0.0878. The lowest BCUT2D eigenvalue weighted by Gasteiger charge is -2.13. The molecular weight excluding hydrogens is 1400 g/mol. The number of furan rings is 4. The summed E-state index contributed by atoms with van der Waals surface area (Å²) in [7, 11) is 7.34. The number of benzene rings is 4. The molecular formula is C102H120N8O4+4. The van der Waals surface area contributed by atoms with E-state index in [2.05, 4.69) is 87.1 Å². The van der Waals surface area contributed by atoms with E-state index in [-0.39, 0.29) is 17.0 Å². The largest absolute Gasteiger partial charge is 0.437 e. The minimum absolute atomic E-state index is 0.0116. The predicted molar refractivity (Wildman–Crippen MR) is 472 cm³/mol. The van der Waals surface area contributed by atoms with Gasteiger partial charge >= 0.3 is 0 Å². The summed E-state index contributed by atoms with van der Waals surface area (Å²) in [4.78, 5) is 18.8. The molecule has 16 rings (SSSR count). The summed E-state index contributed by atoms with van der Waals surface area (Å²) in [6.07, 6.45) is -0.0604. The van der Waals surface area contributed by atoms with Gasteiger partial charge in [-0.1, -0.05) is 173 Å². The van der Waals surface area contributed by atoms with Gasteiger partial charge in [0.2, 0.25) is 45.6 Å². The number of rotatable bonds is 16. The van der Waals surface area contributed by atoms with Crippen molar-refractivity contribution in [1.29, 1.82) is 0 Å². The van der Waals surface area contributed by atoms with Gasteiger partial charge in [-0.05, 0) is 194 Å². The van der Waals surface area contributed by atoms with Crippen LogP contribution in [-0.2, 0) is 66.5 Å². The maximum Gasteiger partial charge on any atom is 0.227 e. The van der Waals surface area contributed by atoms with Crippen molar-refractivity contribution < 1.29 is 60.6 Å². The van der Waals surface area contributed by atoms with Crippen LogP contribution in [0.4, 0.5) is 0 Å². The highest BCUT2D eigenvalue weighted by atomic mass is 16.4. The van der Waals surface area contributed by atoms with Crippen LogP contribution in [0.2, 0.25) is 0 Å². The summed E-state index contributed by atoms with van der Waals surface area (Å²) in [5.74, 6) is -3.80. The molecule has 0 spiro atoms. The van der Waals surface area contributed by atoms with E-state index < -0.39 is 62.8 Å². The number of aryl methyl sites for hydroxylation is 14. The fraction of sp³-hybridized carbons (Fsp3) is 0.373. The highest BCUT2D eigenvalue weighted by molar-refractivity contribution is 6.12. The number of fused-ring (bicyclic) bond motifs is 12. The van der Waals surface area contributed by atoms with Crippen molar-refractivity contribution in [3.63, 3.8) is 0 Å². The standard InChI is InChI=1S/2C26H31N2O.2C25H29N2O/c2*1-8-18-14-28(7)23(13-21(18)15(2)3)24-17(6)9-10-19-20-11-12-22(16(4)5)27-26(20)29-25(19)24;2*1-7-17-14-27(6)22(13-21(17)15(3)4)23-16(5)9-11-19-20-12-10-18(8-2)26-25(20)28-24(19)23/h2*9-16H,8H2,1-7H3;2*9-15H,7-8H2,1-6H3/q4*+1/i1D3,8D2,15D;8D2,15D;1D3,7D2,15D;7D2,15D. The van der Waals surface area contributed by atoms with Crippen LogP contribution in [0.25, 0.3) is 133 Å². The summed E-state index contributed by atoms with van der Waals surface area (Å²) in [6.45, 7) is 31.6. The molecule has 0 N–H and O–H groups in total. The van der Waals surface area contributed by atoms with Crippen molar-refractivity contribution in [2.24, 2.45) is 28.2 Å². The van der Waals surface area contributed by atoms with Gasteiger partial charge in [0.1, 0.15) is 28.2 Å². The van der Waals surface area contributed by atoms with E-state index in [1.165, 1.54) is 12.4 Å². The fourth-order valence-electron chi connectivity index (χ4n) is 15.5. The number of hydrogen-bond acceptors (Lipinski definition) is 8. The number of aromatic nitrogens is 8. The molecule has 114 heavy (non-hydrogen) atoms. The first kappa shape index (κ1) is 60.8. The molecule has 0 aliphatic rings. The molecule has 12 aromatic heterocycles. The first-order chi connectivity index (χ1) is 60.9. The van der Waals surface area contributed by atoms with E-state index in [0.29, 0.717) is 84.7 Å². The van der Waals surface area contributed by atoms with E-state index in [1.54, 1.807) is 105 Å². The highest BCUT2D eigenvalue weighted by Crippen LogP contribution is 2.43. The number of pyridine rings is 8. The monoisotopic (exact) mass is 1540 g/mol. The van der Waals surface area contributed by atoms with Crippen molar-refractivity contribution in [1.82, 2.24) is 19.9 Å². The Morgan fingerprint density at radius 1 is 0.325 bits per heavy atom. The second-order valence-electron chi connectivity index (χ2n) is 31.6. The Balaban J connectivity index is 0.000000150. The maximum atomic E-state index is 8.70.